The van der Waals surface area contributed by atoms with E-state index in [1.54, 1.807) is 18.3 Å². The zero-order chi connectivity index (χ0) is 14.8. The van der Waals surface area contributed by atoms with E-state index in [4.69, 9.17) is 5.73 Å². The molecule has 0 spiro atoms. The van der Waals surface area contributed by atoms with E-state index in [-0.39, 0.29) is 5.91 Å². The molecule has 2 aromatic rings. The van der Waals surface area contributed by atoms with E-state index in [1.807, 2.05) is 11.4 Å². The summed E-state index contributed by atoms with van der Waals surface area (Å²) < 4.78 is 0. The van der Waals surface area contributed by atoms with Crippen LogP contribution in [0.3, 0.4) is 0 Å². The lowest BCUT2D eigenvalue weighted by Gasteiger charge is -2.31. The Morgan fingerprint density at radius 2 is 2.24 bits per heavy atom. The largest absolute Gasteiger partial charge is 0.383 e. The van der Waals surface area contributed by atoms with Crippen molar-refractivity contribution in [1.29, 1.82) is 0 Å². The van der Waals surface area contributed by atoms with Gasteiger partial charge in [-0.3, -0.25) is 9.69 Å². The minimum Gasteiger partial charge on any atom is -0.383 e. The van der Waals surface area contributed by atoms with Gasteiger partial charge in [0, 0.05) is 26.1 Å². The number of likely N-dealkylation sites (tertiary alicyclic amines) is 1. The van der Waals surface area contributed by atoms with Gasteiger partial charge in [-0.25, -0.2) is 9.97 Å². The Hall–Kier alpha value is -1.73. The molecule has 0 bridgehead atoms. The van der Waals surface area contributed by atoms with E-state index in [0.717, 1.165) is 42.0 Å². The molecule has 21 heavy (non-hydrogen) atoms. The molecule has 2 aromatic heterocycles. The van der Waals surface area contributed by atoms with Gasteiger partial charge in [-0.05, 0) is 24.3 Å². The summed E-state index contributed by atoms with van der Waals surface area (Å²) in [5.41, 5.74) is 5.97. The number of thiophene rings is 1. The van der Waals surface area contributed by atoms with Crippen molar-refractivity contribution in [2.75, 3.05) is 18.8 Å². The van der Waals surface area contributed by atoms with Crippen molar-refractivity contribution in [2.24, 2.45) is 0 Å². The average Bonchev–Trinajstić information content (AvgIpc) is 2.89. The van der Waals surface area contributed by atoms with Crippen LogP contribution in [0.2, 0.25) is 0 Å². The number of rotatable bonds is 3. The van der Waals surface area contributed by atoms with Crippen LogP contribution >= 0.6 is 11.3 Å². The van der Waals surface area contributed by atoms with Crippen LogP contribution in [0.5, 0.6) is 0 Å². The highest BCUT2D eigenvalue weighted by Crippen LogP contribution is 2.23. The second kappa shape index (κ2) is 5.95. The predicted octanol–water partition coefficient (Wildman–Crippen LogP) is 1.37. The number of aromatic nitrogens is 2. The minimum absolute atomic E-state index is 0.0488. The van der Waals surface area contributed by atoms with Crippen LogP contribution in [0.15, 0.2) is 11.4 Å². The number of nitrogen functional groups attached to an aromatic ring is 1. The Labute approximate surface area is 127 Å². The second-order valence-electron chi connectivity index (χ2n) is 5.42. The van der Waals surface area contributed by atoms with E-state index in [0.29, 0.717) is 18.4 Å². The zero-order valence-corrected chi connectivity index (χ0v) is 12.8. The smallest absolute Gasteiger partial charge is 0.217 e. The van der Waals surface area contributed by atoms with Gasteiger partial charge in [0.15, 0.2) is 0 Å². The van der Waals surface area contributed by atoms with Gasteiger partial charge >= 0.3 is 0 Å². The molecule has 3 rings (SSSR count). The average molecular weight is 305 g/mol. The summed E-state index contributed by atoms with van der Waals surface area (Å²) in [7, 11) is 0. The van der Waals surface area contributed by atoms with Gasteiger partial charge in [-0.15, -0.1) is 11.3 Å². The maximum absolute atomic E-state index is 11.1. The standard InChI is InChI=1S/C14H19N5OS/c1-9(20)16-10-2-5-19(6-3-10)8-12-17-13(15)11-4-7-21-14(11)18-12/h4,7,10H,2-3,5-6,8H2,1H3,(H,16,20)(H2,15,17,18). The Morgan fingerprint density at radius 3 is 2.95 bits per heavy atom. The topological polar surface area (TPSA) is 84.1 Å². The molecule has 1 aliphatic heterocycles. The maximum Gasteiger partial charge on any atom is 0.217 e. The SMILES string of the molecule is CC(=O)NC1CCN(Cc2nc(N)c3ccsc3n2)CC1. The molecular formula is C14H19N5OS. The molecule has 1 fully saturated rings. The van der Waals surface area contributed by atoms with Crippen LogP contribution in [0.1, 0.15) is 25.6 Å². The molecule has 0 atom stereocenters. The fraction of sp³-hybridized carbons (Fsp3) is 0.500. The quantitative estimate of drug-likeness (QED) is 0.895. The van der Waals surface area contributed by atoms with Crippen molar-refractivity contribution in [3.8, 4) is 0 Å². The zero-order valence-electron chi connectivity index (χ0n) is 12.0. The highest BCUT2D eigenvalue weighted by Gasteiger charge is 2.20. The molecule has 0 saturated carbocycles. The summed E-state index contributed by atoms with van der Waals surface area (Å²) in [6.45, 7) is 4.16. The first kappa shape index (κ1) is 14.2. The molecule has 0 aliphatic carbocycles. The van der Waals surface area contributed by atoms with Gasteiger partial charge in [-0.1, -0.05) is 0 Å². The van der Waals surface area contributed by atoms with Gasteiger partial charge in [0.2, 0.25) is 5.91 Å². The van der Waals surface area contributed by atoms with Gasteiger partial charge in [0.1, 0.15) is 16.5 Å². The summed E-state index contributed by atoms with van der Waals surface area (Å²) in [5.74, 6) is 1.39. The lowest BCUT2D eigenvalue weighted by Crippen LogP contribution is -2.43. The van der Waals surface area contributed by atoms with Crippen molar-refractivity contribution in [3.63, 3.8) is 0 Å². The summed E-state index contributed by atoms with van der Waals surface area (Å²) >= 11 is 1.59. The molecule has 7 heteroatoms. The number of fused-ring (bicyclic) bond motifs is 1. The number of hydrogen-bond acceptors (Lipinski definition) is 6. The third kappa shape index (κ3) is 3.30. The minimum atomic E-state index is 0.0488. The highest BCUT2D eigenvalue weighted by atomic mass is 32.1. The number of amides is 1. The van der Waals surface area contributed by atoms with Crippen LogP contribution in [-0.2, 0) is 11.3 Å². The van der Waals surface area contributed by atoms with Crippen LogP contribution in [-0.4, -0.2) is 39.9 Å². The van der Waals surface area contributed by atoms with Gasteiger partial charge in [-0.2, -0.15) is 0 Å². The summed E-state index contributed by atoms with van der Waals surface area (Å²) in [5, 5.41) is 5.90. The number of piperidine rings is 1. The third-order valence-electron chi connectivity index (χ3n) is 3.76. The Balaban J connectivity index is 1.63. The molecule has 1 amide bonds. The first-order chi connectivity index (χ1) is 10.1. The Kier molecular flexibility index (Phi) is 4.03. The maximum atomic E-state index is 11.1. The van der Waals surface area contributed by atoms with E-state index in [2.05, 4.69) is 20.2 Å². The van der Waals surface area contributed by atoms with E-state index in [1.165, 1.54) is 0 Å². The Morgan fingerprint density at radius 1 is 1.48 bits per heavy atom. The fourth-order valence-corrected chi connectivity index (χ4v) is 3.51. The molecule has 112 valence electrons. The number of hydrogen-bond donors (Lipinski definition) is 2. The molecule has 0 radical (unpaired) electrons. The lowest BCUT2D eigenvalue weighted by molar-refractivity contribution is -0.119. The van der Waals surface area contributed by atoms with Crippen LogP contribution in [0.25, 0.3) is 10.2 Å². The first-order valence-corrected chi connectivity index (χ1v) is 7.99. The van der Waals surface area contributed by atoms with E-state index in [9.17, 15) is 4.79 Å². The molecule has 0 aromatic carbocycles. The van der Waals surface area contributed by atoms with Crippen molar-refractivity contribution in [2.45, 2.75) is 32.4 Å². The van der Waals surface area contributed by atoms with E-state index < -0.39 is 0 Å². The van der Waals surface area contributed by atoms with Gasteiger partial charge in [0.25, 0.3) is 0 Å². The molecule has 1 aliphatic rings. The van der Waals surface area contributed by atoms with Crippen LogP contribution in [0.4, 0.5) is 5.82 Å². The van der Waals surface area contributed by atoms with Gasteiger partial charge in [0.05, 0.1) is 11.9 Å². The van der Waals surface area contributed by atoms with Crippen molar-refractivity contribution in [3.05, 3.63) is 17.3 Å². The monoisotopic (exact) mass is 305 g/mol. The van der Waals surface area contributed by atoms with Gasteiger partial charge < -0.3 is 11.1 Å². The third-order valence-corrected chi connectivity index (χ3v) is 4.57. The molecule has 6 nitrogen and oxygen atoms in total. The van der Waals surface area contributed by atoms with Crippen molar-refractivity contribution in [1.82, 2.24) is 20.2 Å². The molecular weight excluding hydrogens is 286 g/mol. The lowest BCUT2D eigenvalue weighted by atomic mass is 10.1. The number of anilines is 1. The summed E-state index contributed by atoms with van der Waals surface area (Å²) in [6.07, 6.45) is 1.94. The number of carbonyl (C=O) groups is 1. The van der Waals surface area contributed by atoms with Crippen molar-refractivity contribution < 1.29 is 4.79 Å². The van der Waals surface area contributed by atoms with Crippen LogP contribution in [0, 0.1) is 0 Å². The predicted molar refractivity (Wildman–Crippen MR) is 83.9 cm³/mol. The first-order valence-electron chi connectivity index (χ1n) is 7.11. The Bertz CT molecular complexity index is 648. The summed E-state index contributed by atoms with van der Waals surface area (Å²) in [6, 6.07) is 2.25. The fourth-order valence-electron chi connectivity index (χ4n) is 2.72. The van der Waals surface area contributed by atoms with E-state index >= 15 is 0 Å². The molecule has 1 saturated heterocycles. The number of nitrogens with zero attached hydrogens (tertiary/aromatic N) is 3. The van der Waals surface area contributed by atoms with Crippen LogP contribution < -0.4 is 11.1 Å². The molecule has 0 unspecified atom stereocenters. The molecule has 3 heterocycles. The molecule has 3 N–H and O–H groups in total. The highest BCUT2D eigenvalue weighted by molar-refractivity contribution is 7.16. The summed E-state index contributed by atoms with van der Waals surface area (Å²) in [4.78, 5) is 23.3. The van der Waals surface area contributed by atoms with Crippen molar-refractivity contribution >= 4 is 33.3 Å². The number of nitrogens with two attached hydrogens (primary N) is 1. The number of carbonyl (C=O) groups excluding carboxylic acids is 1. The number of nitrogens with one attached hydrogen (secondary N) is 1. The normalized spacial score (nSPS) is 17.2. The second-order valence-corrected chi connectivity index (χ2v) is 6.31.